The van der Waals surface area contributed by atoms with Crippen molar-refractivity contribution in [2.45, 2.75) is 6.42 Å². The predicted molar refractivity (Wildman–Crippen MR) is 130 cm³/mol. The standard InChI is InChI=1S/C24H21BrN6/c1-3-7-16(15(2)26)9-6-11-21-22(25)23(27)31-24(30-21)19(14-29-31)18-12-17-8-4-5-10-20(17)28-13-18/h3-10,12-14H,1-2,11,26-27H2/b9-6-,16-7+. The van der Waals surface area contributed by atoms with Crippen LogP contribution in [-0.4, -0.2) is 19.6 Å². The first-order chi connectivity index (χ1) is 15.0. The molecule has 4 rings (SSSR count). The van der Waals surface area contributed by atoms with Crippen LogP contribution in [0.25, 0.3) is 27.7 Å². The first kappa shape index (κ1) is 20.6. The summed E-state index contributed by atoms with van der Waals surface area (Å²) in [6.07, 6.45) is 11.5. The lowest BCUT2D eigenvalue weighted by Crippen LogP contribution is -2.05. The van der Waals surface area contributed by atoms with Crippen molar-refractivity contribution in [3.8, 4) is 11.1 Å². The molecule has 0 aliphatic rings. The van der Waals surface area contributed by atoms with Crippen LogP contribution in [-0.2, 0) is 6.42 Å². The number of rotatable bonds is 6. The Morgan fingerprint density at radius 3 is 2.81 bits per heavy atom. The Kier molecular flexibility index (Phi) is 5.68. The van der Waals surface area contributed by atoms with E-state index in [1.54, 1.807) is 22.9 Å². The summed E-state index contributed by atoms with van der Waals surface area (Å²) in [4.78, 5) is 9.40. The summed E-state index contributed by atoms with van der Waals surface area (Å²) in [6, 6.07) is 10.1. The van der Waals surface area contributed by atoms with E-state index in [0.29, 0.717) is 28.1 Å². The Hall–Kier alpha value is -3.71. The van der Waals surface area contributed by atoms with Crippen molar-refractivity contribution in [1.29, 1.82) is 0 Å². The van der Waals surface area contributed by atoms with Crippen LogP contribution >= 0.6 is 15.9 Å². The average Bonchev–Trinajstić information content (AvgIpc) is 3.20. The highest BCUT2D eigenvalue weighted by molar-refractivity contribution is 9.10. The SMILES string of the molecule is C=C/C=C(\C=C/Cc1nc2c(-c3cnc4ccccc4c3)cnn2c(N)c1Br)C(=C)N. The number of aromatic nitrogens is 4. The van der Waals surface area contributed by atoms with Crippen molar-refractivity contribution in [2.24, 2.45) is 5.73 Å². The molecular formula is C24H21BrN6. The molecule has 7 heteroatoms. The van der Waals surface area contributed by atoms with Gasteiger partial charge in [-0.1, -0.05) is 55.7 Å². The van der Waals surface area contributed by atoms with Crippen molar-refractivity contribution < 1.29 is 0 Å². The van der Waals surface area contributed by atoms with E-state index in [9.17, 15) is 0 Å². The number of hydrogen-bond donors (Lipinski definition) is 2. The van der Waals surface area contributed by atoms with E-state index in [1.165, 1.54) is 0 Å². The summed E-state index contributed by atoms with van der Waals surface area (Å²) < 4.78 is 2.34. The van der Waals surface area contributed by atoms with Crippen LogP contribution in [0.3, 0.4) is 0 Å². The van der Waals surface area contributed by atoms with Gasteiger partial charge in [0.25, 0.3) is 0 Å². The molecule has 0 atom stereocenters. The minimum absolute atomic E-state index is 0.472. The summed E-state index contributed by atoms with van der Waals surface area (Å²) in [7, 11) is 0. The number of nitrogen functional groups attached to an aromatic ring is 1. The topological polar surface area (TPSA) is 95.1 Å². The fraction of sp³-hybridized carbons (Fsp3) is 0.0417. The van der Waals surface area contributed by atoms with E-state index < -0.39 is 0 Å². The molecule has 0 unspecified atom stereocenters. The Balaban J connectivity index is 1.76. The van der Waals surface area contributed by atoms with E-state index in [2.05, 4.69) is 45.2 Å². The van der Waals surface area contributed by atoms with Gasteiger partial charge in [-0.25, -0.2) is 4.98 Å². The molecule has 4 N–H and O–H groups in total. The molecule has 0 saturated heterocycles. The van der Waals surface area contributed by atoms with Gasteiger partial charge < -0.3 is 11.5 Å². The molecule has 0 radical (unpaired) electrons. The number of fused-ring (bicyclic) bond motifs is 2. The van der Waals surface area contributed by atoms with Crippen LogP contribution in [0.1, 0.15) is 5.69 Å². The van der Waals surface area contributed by atoms with Crippen LogP contribution in [0.2, 0.25) is 0 Å². The summed E-state index contributed by atoms with van der Waals surface area (Å²) in [5.74, 6) is 0.485. The number of para-hydroxylation sites is 1. The highest BCUT2D eigenvalue weighted by Gasteiger charge is 2.16. The van der Waals surface area contributed by atoms with Crippen molar-refractivity contribution >= 4 is 38.3 Å². The fourth-order valence-corrected chi connectivity index (χ4v) is 3.71. The van der Waals surface area contributed by atoms with Crippen LogP contribution in [0, 0.1) is 0 Å². The van der Waals surface area contributed by atoms with E-state index >= 15 is 0 Å². The number of anilines is 1. The molecule has 1 aromatic carbocycles. The van der Waals surface area contributed by atoms with Crippen molar-refractivity contribution in [3.63, 3.8) is 0 Å². The van der Waals surface area contributed by atoms with Gasteiger partial charge in [0, 0.05) is 34.8 Å². The van der Waals surface area contributed by atoms with Crippen molar-refractivity contribution in [2.75, 3.05) is 5.73 Å². The molecule has 0 aliphatic carbocycles. The van der Waals surface area contributed by atoms with Gasteiger partial charge in [-0.05, 0) is 33.6 Å². The first-order valence-corrected chi connectivity index (χ1v) is 10.4. The van der Waals surface area contributed by atoms with Crippen LogP contribution in [0.15, 0.2) is 95.9 Å². The molecule has 0 spiro atoms. The number of hydrogen-bond acceptors (Lipinski definition) is 5. The third-order valence-corrected chi connectivity index (χ3v) is 5.73. The maximum absolute atomic E-state index is 6.34. The minimum Gasteiger partial charge on any atom is -0.399 e. The maximum atomic E-state index is 6.34. The third kappa shape index (κ3) is 4.00. The fourth-order valence-electron chi connectivity index (χ4n) is 3.29. The molecule has 31 heavy (non-hydrogen) atoms. The minimum atomic E-state index is 0.472. The second-order valence-corrected chi connectivity index (χ2v) is 7.75. The second-order valence-electron chi connectivity index (χ2n) is 6.96. The van der Waals surface area contributed by atoms with Crippen molar-refractivity contribution in [3.05, 3.63) is 102 Å². The summed E-state index contributed by atoms with van der Waals surface area (Å²) in [6.45, 7) is 7.48. The molecular weight excluding hydrogens is 452 g/mol. The van der Waals surface area contributed by atoms with Gasteiger partial charge >= 0.3 is 0 Å². The molecule has 3 aromatic heterocycles. The number of nitrogens with two attached hydrogens (primary N) is 2. The smallest absolute Gasteiger partial charge is 0.165 e. The lowest BCUT2D eigenvalue weighted by Gasteiger charge is -2.08. The van der Waals surface area contributed by atoms with E-state index in [0.717, 1.165) is 33.3 Å². The quantitative estimate of drug-likeness (QED) is 0.386. The lowest BCUT2D eigenvalue weighted by molar-refractivity contribution is 0.926. The van der Waals surface area contributed by atoms with Crippen LogP contribution < -0.4 is 11.5 Å². The van der Waals surface area contributed by atoms with E-state index in [4.69, 9.17) is 16.5 Å². The lowest BCUT2D eigenvalue weighted by atomic mass is 10.1. The second kappa shape index (κ2) is 8.57. The molecule has 0 amide bonds. The first-order valence-electron chi connectivity index (χ1n) is 9.60. The predicted octanol–water partition coefficient (Wildman–Crippen LogP) is 4.97. The van der Waals surface area contributed by atoms with E-state index in [-0.39, 0.29) is 0 Å². The number of allylic oxidation sites excluding steroid dienone is 4. The van der Waals surface area contributed by atoms with Gasteiger partial charge in [-0.3, -0.25) is 4.98 Å². The zero-order chi connectivity index (χ0) is 22.0. The molecule has 0 bridgehead atoms. The number of halogens is 1. The highest BCUT2D eigenvalue weighted by atomic mass is 79.9. The van der Waals surface area contributed by atoms with Gasteiger partial charge in [0.2, 0.25) is 0 Å². The number of benzene rings is 1. The Labute approximate surface area is 188 Å². The summed E-state index contributed by atoms with van der Waals surface area (Å²) in [5, 5.41) is 5.49. The van der Waals surface area contributed by atoms with Crippen molar-refractivity contribution in [1.82, 2.24) is 19.6 Å². The van der Waals surface area contributed by atoms with Gasteiger partial charge in [0.05, 0.1) is 21.9 Å². The zero-order valence-electron chi connectivity index (χ0n) is 16.8. The third-order valence-electron chi connectivity index (χ3n) is 4.87. The normalized spacial score (nSPS) is 12.1. The summed E-state index contributed by atoms with van der Waals surface area (Å²) in [5.41, 5.74) is 17.6. The average molecular weight is 473 g/mol. The van der Waals surface area contributed by atoms with E-state index in [1.807, 2.05) is 42.6 Å². The van der Waals surface area contributed by atoms with Gasteiger partial charge in [-0.2, -0.15) is 9.61 Å². The molecule has 0 saturated carbocycles. The molecule has 3 heterocycles. The Bertz CT molecular complexity index is 1380. The summed E-state index contributed by atoms with van der Waals surface area (Å²) >= 11 is 3.56. The number of pyridine rings is 1. The molecule has 0 aliphatic heterocycles. The van der Waals surface area contributed by atoms with Gasteiger partial charge in [-0.15, -0.1) is 0 Å². The molecule has 4 aromatic rings. The Morgan fingerprint density at radius 2 is 2.03 bits per heavy atom. The zero-order valence-corrected chi connectivity index (χ0v) is 18.4. The molecule has 154 valence electrons. The largest absolute Gasteiger partial charge is 0.399 e. The molecule has 6 nitrogen and oxygen atoms in total. The van der Waals surface area contributed by atoms with Crippen LogP contribution in [0.4, 0.5) is 5.82 Å². The Morgan fingerprint density at radius 1 is 1.23 bits per heavy atom. The monoisotopic (exact) mass is 472 g/mol. The van der Waals surface area contributed by atoms with Crippen LogP contribution in [0.5, 0.6) is 0 Å². The highest BCUT2D eigenvalue weighted by Crippen LogP contribution is 2.31. The van der Waals surface area contributed by atoms with Gasteiger partial charge in [0.1, 0.15) is 5.82 Å². The number of nitrogens with zero attached hydrogens (tertiary/aromatic N) is 4. The van der Waals surface area contributed by atoms with Gasteiger partial charge in [0.15, 0.2) is 5.65 Å². The molecule has 0 fully saturated rings. The maximum Gasteiger partial charge on any atom is 0.165 e.